The minimum absolute atomic E-state index is 0. The van der Waals surface area contributed by atoms with Crippen LogP contribution in [-0.2, 0) is 6.42 Å². The van der Waals surface area contributed by atoms with Gasteiger partial charge in [0, 0.05) is 6.54 Å². The van der Waals surface area contributed by atoms with Crippen molar-refractivity contribution in [1.82, 2.24) is 0 Å². The van der Waals surface area contributed by atoms with Gasteiger partial charge in [-0.2, -0.15) is 0 Å². The molecular weight excluding hydrogens is 278 g/mol. The van der Waals surface area contributed by atoms with Crippen molar-refractivity contribution in [2.45, 2.75) is 6.42 Å². The van der Waals surface area contributed by atoms with E-state index in [4.69, 9.17) is 11.5 Å². The maximum atomic E-state index is 5.30. The average molecular weight is 294 g/mol. The summed E-state index contributed by atoms with van der Waals surface area (Å²) in [6.07, 6.45) is 0.860. The first-order valence-electron chi connectivity index (χ1n) is 5.29. The first-order valence-corrected chi connectivity index (χ1v) is 5.29. The Hall–Kier alpha value is -1.55. The lowest BCUT2D eigenvalue weighted by atomic mass is 10.0. The van der Waals surface area contributed by atoms with Gasteiger partial charge in [-0.1, -0.05) is 42.5 Å². The number of benzene rings is 2. The van der Waals surface area contributed by atoms with Crippen molar-refractivity contribution in [3.63, 3.8) is 0 Å². The number of guanidine groups is 1. The molecule has 0 unspecified atom stereocenters. The van der Waals surface area contributed by atoms with Crippen molar-refractivity contribution < 1.29 is 0 Å². The Kier molecular flexibility index (Phi) is 4.97. The first kappa shape index (κ1) is 13.5. The van der Waals surface area contributed by atoms with Gasteiger partial charge in [0.2, 0.25) is 0 Å². The van der Waals surface area contributed by atoms with Gasteiger partial charge in [0.1, 0.15) is 0 Å². The van der Waals surface area contributed by atoms with Gasteiger partial charge in [0.15, 0.2) is 5.96 Å². The van der Waals surface area contributed by atoms with Gasteiger partial charge < -0.3 is 11.5 Å². The van der Waals surface area contributed by atoms with Gasteiger partial charge in [-0.05, 0) is 22.8 Å². The van der Waals surface area contributed by atoms with Crippen LogP contribution in [0.4, 0.5) is 0 Å². The largest absolute Gasteiger partial charge is 0.370 e. The monoisotopic (exact) mass is 293 g/mol. The zero-order valence-electron chi connectivity index (χ0n) is 9.47. The van der Waals surface area contributed by atoms with Gasteiger partial charge in [-0.25, -0.2) is 0 Å². The number of hydrogen-bond acceptors (Lipinski definition) is 1. The zero-order chi connectivity index (χ0) is 11.4. The molecule has 2 aromatic rings. The maximum Gasteiger partial charge on any atom is 0.185 e. The van der Waals surface area contributed by atoms with Crippen LogP contribution in [0.5, 0.6) is 0 Å². The molecule has 3 nitrogen and oxygen atoms in total. The number of aliphatic imine (C=N–C) groups is 1. The molecule has 0 amide bonds. The van der Waals surface area contributed by atoms with Crippen molar-refractivity contribution in [1.29, 1.82) is 0 Å². The van der Waals surface area contributed by atoms with Gasteiger partial charge >= 0.3 is 0 Å². The number of halogens is 1. The molecule has 0 atom stereocenters. The Morgan fingerprint density at radius 2 is 1.71 bits per heavy atom. The van der Waals surface area contributed by atoms with Crippen LogP contribution in [0.1, 0.15) is 5.56 Å². The van der Waals surface area contributed by atoms with Crippen LogP contribution in [0.25, 0.3) is 10.8 Å². The number of hydrogen-bond donors (Lipinski definition) is 2. The summed E-state index contributed by atoms with van der Waals surface area (Å²) in [7, 11) is 0. The highest BCUT2D eigenvalue weighted by Gasteiger charge is 1.99. The maximum absolute atomic E-state index is 5.30. The van der Waals surface area contributed by atoms with E-state index in [1.807, 2.05) is 12.1 Å². The second-order valence-corrected chi connectivity index (χ2v) is 3.69. The van der Waals surface area contributed by atoms with Crippen molar-refractivity contribution in [2.24, 2.45) is 16.5 Å². The third-order valence-corrected chi connectivity index (χ3v) is 2.56. The molecule has 2 rings (SSSR count). The fourth-order valence-electron chi connectivity index (χ4n) is 1.82. The van der Waals surface area contributed by atoms with E-state index in [-0.39, 0.29) is 22.9 Å². The summed E-state index contributed by atoms with van der Waals surface area (Å²) in [5.74, 6) is 0.153. The predicted molar refractivity (Wildman–Crippen MR) is 78.7 cm³/mol. The van der Waals surface area contributed by atoms with Crippen molar-refractivity contribution in [3.05, 3.63) is 48.0 Å². The lowest BCUT2D eigenvalue weighted by Gasteiger charge is -2.04. The molecule has 0 aliphatic carbocycles. The summed E-state index contributed by atoms with van der Waals surface area (Å²) in [4.78, 5) is 4.00. The van der Waals surface area contributed by atoms with E-state index in [1.54, 1.807) is 0 Å². The van der Waals surface area contributed by atoms with Crippen molar-refractivity contribution >= 4 is 33.7 Å². The molecule has 0 radical (unpaired) electrons. The molecule has 0 heterocycles. The SMILES string of the molecule is Br.NC(N)=NCCc1cccc2ccccc12. The third kappa shape index (κ3) is 3.46. The van der Waals surface area contributed by atoms with Gasteiger partial charge in [0.05, 0.1) is 0 Å². The molecule has 0 aliphatic heterocycles. The minimum Gasteiger partial charge on any atom is -0.370 e. The Labute approximate surface area is 111 Å². The standard InChI is InChI=1S/C13H15N3.BrH/c14-13(15)16-9-8-11-6-3-5-10-4-1-2-7-12(10)11;/h1-7H,8-9H2,(H4,14,15,16);1H. The highest BCUT2D eigenvalue weighted by Crippen LogP contribution is 2.18. The van der Waals surface area contributed by atoms with E-state index in [9.17, 15) is 0 Å². The quantitative estimate of drug-likeness (QED) is 0.673. The van der Waals surface area contributed by atoms with E-state index >= 15 is 0 Å². The molecule has 0 bridgehead atoms. The molecule has 4 heteroatoms. The lowest BCUT2D eigenvalue weighted by Crippen LogP contribution is -2.23. The fourth-order valence-corrected chi connectivity index (χ4v) is 1.82. The Balaban J connectivity index is 0.00000144. The van der Waals surface area contributed by atoms with Crippen molar-refractivity contribution in [2.75, 3.05) is 6.54 Å². The number of nitrogens with zero attached hydrogens (tertiary/aromatic N) is 1. The highest BCUT2D eigenvalue weighted by atomic mass is 79.9. The molecule has 2 aromatic carbocycles. The topological polar surface area (TPSA) is 64.4 Å². The lowest BCUT2D eigenvalue weighted by molar-refractivity contribution is 0.970. The minimum atomic E-state index is 0. The van der Waals surface area contributed by atoms with Crippen LogP contribution in [0, 0.1) is 0 Å². The van der Waals surface area contributed by atoms with Crippen LogP contribution < -0.4 is 11.5 Å². The summed E-state index contributed by atoms with van der Waals surface area (Å²) in [6.45, 7) is 0.635. The van der Waals surface area contributed by atoms with Gasteiger partial charge in [-0.3, -0.25) is 4.99 Å². The normalized spacial score (nSPS) is 9.65. The number of nitrogens with two attached hydrogens (primary N) is 2. The average Bonchev–Trinajstić information content (AvgIpc) is 2.29. The van der Waals surface area contributed by atoms with Crippen LogP contribution in [-0.4, -0.2) is 12.5 Å². The number of rotatable bonds is 3. The summed E-state index contributed by atoms with van der Waals surface area (Å²) in [5.41, 5.74) is 11.9. The Morgan fingerprint density at radius 3 is 2.47 bits per heavy atom. The Morgan fingerprint density at radius 1 is 1.00 bits per heavy atom. The van der Waals surface area contributed by atoms with Crippen LogP contribution in [0.2, 0.25) is 0 Å². The summed E-state index contributed by atoms with van der Waals surface area (Å²) in [5, 5.41) is 2.53. The Bertz CT molecular complexity index is 514. The van der Waals surface area contributed by atoms with Crippen LogP contribution >= 0.6 is 17.0 Å². The van der Waals surface area contributed by atoms with Crippen LogP contribution in [0.3, 0.4) is 0 Å². The van der Waals surface area contributed by atoms with Crippen LogP contribution in [0.15, 0.2) is 47.5 Å². The summed E-state index contributed by atoms with van der Waals surface area (Å²) < 4.78 is 0. The molecule has 0 saturated heterocycles. The molecule has 4 N–H and O–H groups in total. The molecule has 0 aliphatic rings. The third-order valence-electron chi connectivity index (χ3n) is 2.56. The van der Waals surface area contributed by atoms with Gasteiger partial charge in [0.25, 0.3) is 0 Å². The zero-order valence-corrected chi connectivity index (χ0v) is 11.2. The summed E-state index contributed by atoms with van der Waals surface area (Å²) >= 11 is 0. The van der Waals surface area contributed by atoms with E-state index in [2.05, 4.69) is 35.3 Å². The fraction of sp³-hybridized carbons (Fsp3) is 0.154. The number of fused-ring (bicyclic) bond motifs is 1. The summed E-state index contributed by atoms with van der Waals surface area (Å²) in [6, 6.07) is 14.6. The predicted octanol–water partition coefficient (Wildman–Crippen LogP) is 2.23. The van der Waals surface area contributed by atoms with Gasteiger partial charge in [-0.15, -0.1) is 17.0 Å². The molecule has 0 saturated carbocycles. The van der Waals surface area contributed by atoms with E-state index in [0.29, 0.717) is 6.54 Å². The molecule has 0 fully saturated rings. The molecule has 90 valence electrons. The second-order valence-electron chi connectivity index (χ2n) is 3.69. The second kappa shape index (κ2) is 6.25. The van der Waals surface area contributed by atoms with Crippen molar-refractivity contribution in [3.8, 4) is 0 Å². The molecular formula is C13H16BrN3. The highest BCUT2D eigenvalue weighted by molar-refractivity contribution is 8.93. The molecule has 17 heavy (non-hydrogen) atoms. The molecule has 0 spiro atoms. The molecule has 0 aromatic heterocycles. The van der Waals surface area contributed by atoms with E-state index in [1.165, 1.54) is 16.3 Å². The van der Waals surface area contributed by atoms with E-state index < -0.39 is 0 Å². The first-order chi connectivity index (χ1) is 7.77. The smallest absolute Gasteiger partial charge is 0.185 e. The van der Waals surface area contributed by atoms with E-state index in [0.717, 1.165) is 6.42 Å².